The zero-order chi connectivity index (χ0) is 20.1. The Morgan fingerprint density at radius 2 is 1.93 bits per heavy atom. The lowest BCUT2D eigenvalue weighted by Gasteiger charge is -2.32. The van der Waals surface area contributed by atoms with Crippen molar-refractivity contribution in [2.75, 3.05) is 33.9 Å². The topological polar surface area (TPSA) is 94.0 Å². The van der Waals surface area contributed by atoms with Crippen molar-refractivity contribution in [3.8, 4) is 11.5 Å². The number of amides is 1. The molecule has 9 nitrogen and oxygen atoms in total. The van der Waals surface area contributed by atoms with Gasteiger partial charge in [0.15, 0.2) is 11.5 Å². The van der Waals surface area contributed by atoms with Gasteiger partial charge in [-0.2, -0.15) is 9.40 Å². The summed E-state index contributed by atoms with van der Waals surface area (Å²) in [6.45, 7) is 1.01. The summed E-state index contributed by atoms with van der Waals surface area (Å²) in [5, 5.41) is 4.39. The lowest BCUT2D eigenvalue weighted by molar-refractivity contribution is -0.130. The molecule has 10 heteroatoms. The number of aromatic nitrogens is 2. The van der Waals surface area contributed by atoms with Crippen molar-refractivity contribution in [3.63, 3.8) is 0 Å². The van der Waals surface area contributed by atoms with Crippen LogP contribution in [0.5, 0.6) is 11.5 Å². The quantitative estimate of drug-likeness (QED) is 0.740. The highest BCUT2D eigenvalue weighted by Crippen LogP contribution is 2.36. The fourth-order valence-electron chi connectivity index (χ4n) is 3.54. The van der Waals surface area contributed by atoms with Crippen LogP contribution in [0.15, 0.2) is 29.3 Å². The molecule has 1 aromatic heterocycles. The third-order valence-electron chi connectivity index (χ3n) is 4.89. The van der Waals surface area contributed by atoms with Gasteiger partial charge >= 0.3 is 0 Å². The van der Waals surface area contributed by atoms with E-state index in [0.717, 1.165) is 5.56 Å². The van der Waals surface area contributed by atoms with E-state index in [1.54, 1.807) is 38.1 Å². The zero-order valence-electron chi connectivity index (χ0n) is 16.0. The van der Waals surface area contributed by atoms with E-state index in [-0.39, 0.29) is 23.9 Å². The maximum Gasteiger partial charge on any atom is 0.243 e. The summed E-state index contributed by atoms with van der Waals surface area (Å²) in [5.41, 5.74) is 1.37. The fourth-order valence-corrected chi connectivity index (χ4v) is 4.99. The van der Waals surface area contributed by atoms with Gasteiger partial charge in [-0.05, 0) is 12.1 Å². The van der Waals surface area contributed by atoms with Crippen molar-refractivity contribution < 1.29 is 22.7 Å². The molecule has 0 unspecified atom stereocenters. The molecule has 1 amide bonds. The number of fused-ring (bicyclic) bond motifs is 2. The van der Waals surface area contributed by atoms with E-state index in [1.165, 1.54) is 21.3 Å². The molecule has 0 N–H and O–H groups in total. The summed E-state index contributed by atoms with van der Waals surface area (Å²) in [7, 11) is 1.23. The van der Waals surface area contributed by atoms with Crippen molar-refractivity contribution in [1.29, 1.82) is 0 Å². The van der Waals surface area contributed by atoms with Crippen LogP contribution in [-0.4, -0.2) is 67.2 Å². The van der Waals surface area contributed by atoms with Crippen LogP contribution in [0, 0.1) is 0 Å². The second kappa shape index (κ2) is 6.78. The summed E-state index contributed by atoms with van der Waals surface area (Å²) in [6.07, 6.45) is 1.76. The van der Waals surface area contributed by atoms with E-state index in [9.17, 15) is 13.2 Å². The van der Waals surface area contributed by atoms with Crippen molar-refractivity contribution in [1.82, 2.24) is 19.0 Å². The van der Waals surface area contributed by atoms with Gasteiger partial charge in [-0.25, -0.2) is 8.42 Å². The molecule has 4 rings (SSSR count). The number of carbonyl (C=O) groups is 1. The Kier molecular flexibility index (Phi) is 4.54. The molecule has 0 saturated carbocycles. The molecule has 2 aromatic rings. The Labute approximate surface area is 163 Å². The minimum atomic E-state index is -3.83. The molecule has 0 radical (unpaired) electrons. The molecule has 0 saturated heterocycles. The van der Waals surface area contributed by atoms with E-state index in [0.29, 0.717) is 30.4 Å². The normalized spacial score (nSPS) is 19.2. The number of carbonyl (C=O) groups excluding carboxylic acids is 1. The molecule has 1 atom stereocenters. The van der Waals surface area contributed by atoms with Crippen molar-refractivity contribution in [3.05, 3.63) is 35.7 Å². The van der Waals surface area contributed by atoms with Crippen LogP contribution in [-0.2, 0) is 28.4 Å². The smallest absolute Gasteiger partial charge is 0.243 e. The molecule has 0 fully saturated rings. The lowest BCUT2D eigenvalue weighted by atomic mass is 9.97. The maximum absolute atomic E-state index is 13.3. The predicted octanol–water partition coefficient (Wildman–Crippen LogP) is 0.568. The van der Waals surface area contributed by atoms with Crippen LogP contribution in [0.3, 0.4) is 0 Å². The molecule has 0 aliphatic carbocycles. The minimum absolute atomic E-state index is 0.0395. The molecule has 2 aliphatic rings. The van der Waals surface area contributed by atoms with E-state index < -0.39 is 15.9 Å². The number of benzene rings is 1. The van der Waals surface area contributed by atoms with Gasteiger partial charge in [-0.3, -0.25) is 9.48 Å². The second-order valence-electron chi connectivity index (χ2n) is 7.10. The SMILES string of the molecule is CN(C)C(=O)[C@H]1CN(S(=O)(=O)c2ccc3c(c2)OCCO3)Cc2cn(C)nc21. The summed E-state index contributed by atoms with van der Waals surface area (Å²) in [4.78, 5) is 14.3. The first-order chi connectivity index (χ1) is 13.3. The maximum atomic E-state index is 13.3. The Morgan fingerprint density at radius 3 is 2.64 bits per heavy atom. The molecule has 1 aromatic carbocycles. The Bertz CT molecular complexity index is 1030. The van der Waals surface area contributed by atoms with Crippen LogP contribution >= 0.6 is 0 Å². The van der Waals surface area contributed by atoms with Gasteiger partial charge < -0.3 is 14.4 Å². The molecule has 28 heavy (non-hydrogen) atoms. The third kappa shape index (κ3) is 3.12. The van der Waals surface area contributed by atoms with E-state index in [4.69, 9.17) is 9.47 Å². The van der Waals surface area contributed by atoms with Gasteiger partial charge in [0.05, 0.1) is 16.5 Å². The standard InChI is InChI=1S/C18H22N4O5S/c1-20(2)18(23)14-11-22(10-12-9-21(3)19-17(12)14)28(24,25)13-4-5-15-16(8-13)27-7-6-26-15/h4-5,8-9,14H,6-7,10-11H2,1-3H3/t14-/m0/s1. The van der Waals surface area contributed by atoms with Crippen LogP contribution in [0.25, 0.3) is 0 Å². The molecule has 3 heterocycles. The fraction of sp³-hybridized carbons (Fsp3) is 0.444. The Balaban J connectivity index is 1.71. The van der Waals surface area contributed by atoms with Gasteiger partial charge in [-0.1, -0.05) is 0 Å². The Morgan fingerprint density at radius 1 is 1.21 bits per heavy atom. The number of sulfonamides is 1. The number of hydrogen-bond donors (Lipinski definition) is 0. The summed E-state index contributed by atoms with van der Waals surface area (Å²) >= 11 is 0. The molecule has 2 aliphatic heterocycles. The highest BCUT2D eigenvalue weighted by molar-refractivity contribution is 7.89. The lowest BCUT2D eigenvalue weighted by Crippen LogP contribution is -2.43. The second-order valence-corrected chi connectivity index (χ2v) is 9.04. The summed E-state index contributed by atoms with van der Waals surface area (Å²) in [6, 6.07) is 4.58. The number of nitrogens with zero attached hydrogens (tertiary/aromatic N) is 4. The molecular weight excluding hydrogens is 384 g/mol. The highest BCUT2D eigenvalue weighted by Gasteiger charge is 2.39. The van der Waals surface area contributed by atoms with Crippen molar-refractivity contribution >= 4 is 15.9 Å². The van der Waals surface area contributed by atoms with Crippen LogP contribution in [0.1, 0.15) is 17.2 Å². The largest absolute Gasteiger partial charge is 0.486 e. The van der Waals surface area contributed by atoms with E-state index in [2.05, 4.69) is 5.10 Å². The predicted molar refractivity (Wildman–Crippen MR) is 99.7 cm³/mol. The van der Waals surface area contributed by atoms with Crippen molar-refractivity contribution in [2.45, 2.75) is 17.4 Å². The van der Waals surface area contributed by atoms with E-state index in [1.807, 2.05) is 0 Å². The zero-order valence-corrected chi connectivity index (χ0v) is 16.8. The first-order valence-corrected chi connectivity index (χ1v) is 10.3. The minimum Gasteiger partial charge on any atom is -0.486 e. The summed E-state index contributed by atoms with van der Waals surface area (Å²) in [5.74, 6) is 0.111. The number of likely N-dealkylation sites (N-methyl/N-ethyl adjacent to an activating group) is 1. The molecule has 150 valence electrons. The average molecular weight is 406 g/mol. The van der Waals surface area contributed by atoms with Gasteiger partial charge in [-0.15, -0.1) is 0 Å². The number of ether oxygens (including phenoxy) is 2. The van der Waals surface area contributed by atoms with Crippen LogP contribution < -0.4 is 9.47 Å². The Hall–Kier alpha value is -2.59. The first kappa shape index (κ1) is 18.8. The van der Waals surface area contributed by atoms with Crippen LogP contribution in [0.4, 0.5) is 0 Å². The molecule has 0 bridgehead atoms. The van der Waals surface area contributed by atoms with Gasteiger partial charge in [0.1, 0.15) is 13.2 Å². The van der Waals surface area contributed by atoms with Crippen molar-refractivity contribution in [2.24, 2.45) is 7.05 Å². The number of hydrogen-bond acceptors (Lipinski definition) is 6. The van der Waals surface area contributed by atoms with Gasteiger partial charge in [0.25, 0.3) is 0 Å². The molecule has 0 spiro atoms. The molecular formula is C18H22N4O5S. The average Bonchev–Trinajstić information content (AvgIpc) is 3.06. The van der Waals surface area contributed by atoms with Crippen LogP contribution in [0.2, 0.25) is 0 Å². The third-order valence-corrected chi connectivity index (χ3v) is 6.70. The number of aryl methyl sites for hydroxylation is 1. The highest BCUT2D eigenvalue weighted by atomic mass is 32.2. The number of rotatable bonds is 3. The first-order valence-electron chi connectivity index (χ1n) is 8.91. The van der Waals surface area contributed by atoms with Gasteiger partial charge in [0, 0.05) is 52.1 Å². The van der Waals surface area contributed by atoms with E-state index >= 15 is 0 Å². The summed E-state index contributed by atoms with van der Waals surface area (Å²) < 4.78 is 40.5. The van der Waals surface area contributed by atoms with Gasteiger partial charge in [0.2, 0.25) is 15.9 Å². The monoisotopic (exact) mass is 406 g/mol.